The largest absolute Gasteiger partial charge is 0.465 e. The maximum atomic E-state index is 9.74. The molecule has 0 aliphatic carbocycles. The van der Waals surface area contributed by atoms with Gasteiger partial charge in [-0.2, -0.15) is 0 Å². The molecule has 1 unspecified atom stereocenters. The van der Waals surface area contributed by atoms with Crippen LogP contribution in [0.2, 0.25) is 0 Å². The van der Waals surface area contributed by atoms with Crippen molar-refractivity contribution in [3.63, 3.8) is 0 Å². The van der Waals surface area contributed by atoms with Crippen LogP contribution in [0.4, 0.5) is 4.79 Å². The number of hydrogen-bond donors (Lipinski definition) is 3. The van der Waals surface area contributed by atoms with E-state index in [1.807, 2.05) is 0 Å². The van der Waals surface area contributed by atoms with Crippen molar-refractivity contribution in [2.24, 2.45) is 5.73 Å². The van der Waals surface area contributed by atoms with Crippen LogP contribution in [-0.2, 0) is 0 Å². The molecule has 0 fully saturated rings. The Morgan fingerprint density at radius 2 is 2.50 bits per heavy atom. The van der Waals surface area contributed by atoms with Gasteiger partial charge in [0.05, 0.1) is 0 Å². The average molecular weight is 118 g/mol. The van der Waals surface area contributed by atoms with Crippen molar-refractivity contribution >= 4 is 6.09 Å². The minimum absolute atomic E-state index is 0.105. The van der Waals surface area contributed by atoms with E-state index in [-0.39, 0.29) is 6.04 Å². The lowest BCUT2D eigenvalue weighted by Crippen LogP contribution is -2.34. The lowest BCUT2D eigenvalue weighted by atomic mass is 10.4. The SMILES string of the molecule is CC(N)CNC(=O)O. The summed E-state index contributed by atoms with van der Waals surface area (Å²) in [6, 6.07) is -0.105. The normalized spacial score (nSPS) is 12.8. The number of amides is 1. The van der Waals surface area contributed by atoms with E-state index in [9.17, 15) is 4.79 Å². The van der Waals surface area contributed by atoms with E-state index in [1.54, 1.807) is 6.92 Å². The Bertz CT molecular complexity index is 82.1. The van der Waals surface area contributed by atoms with Gasteiger partial charge in [-0.05, 0) is 6.92 Å². The first-order valence-corrected chi connectivity index (χ1v) is 2.35. The first-order valence-electron chi connectivity index (χ1n) is 2.35. The molecule has 0 spiro atoms. The summed E-state index contributed by atoms with van der Waals surface area (Å²) in [5.74, 6) is 0. The van der Waals surface area contributed by atoms with E-state index in [4.69, 9.17) is 10.8 Å². The second-order valence-electron chi connectivity index (χ2n) is 1.66. The Morgan fingerprint density at radius 1 is 2.00 bits per heavy atom. The summed E-state index contributed by atoms with van der Waals surface area (Å²) in [4.78, 5) is 9.74. The van der Waals surface area contributed by atoms with Crippen LogP contribution in [-0.4, -0.2) is 23.8 Å². The zero-order valence-corrected chi connectivity index (χ0v) is 4.72. The molecular formula is C4H10N2O2. The quantitative estimate of drug-likeness (QED) is 0.462. The molecule has 0 aliphatic rings. The Balaban J connectivity index is 3.05. The van der Waals surface area contributed by atoms with E-state index < -0.39 is 6.09 Å². The van der Waals surface area contributed by atoms with Crippen molar-refractivity contribution in [1.82, 2.24) is 5.32 Å². The van der Waals surface area contributed by atoms with Gasteiger partial charge in [0.15, 0.2) is 0 Å². The fraction of sp³-hybridized carbons (Fsp3) is 0.750. The second-order valence-corrected chi connectivity index (χ2v) is 1.66. The maximum Gasteiger partial charge on any atom is 0.404 e. The number of nitrogens with one attached hydrogen (secondary N) is 1. The van der Waals surface area contributed by atoms with Gasteiger partial charge in [0.2, 0.25) is 0 Å². The van der Waals surface area contributed by atoms with Crippen LogP contribution in [0.3, 0.4) is 0 Å². The lowest BCUT2D eigenvalue weighted by molar-refractivity contribution is 0.194. The van der Waals surface area contributed by atoms with Crippen molar-refractivity contribution in [1.29, 1.82) is 0 Å². The molecule has 0 saturated heterocycles. The zero-order valence-electron chi connectivity index (χ0n) is 4.72. The Kier molecular flexibility index (Phi) is 2.95. The van der Waals surface area contributed by atoms with Gasteiger partial charge >= 0.3 is 6.09 Å². The monoisotopic (exact) mass is 118 g/mol. The second kappa shape index (κ2) is 3.26. The first-order chi connectivity index (χ1) is 3.63. The summed E-state index contributed by atoms with van der Waals surface area (Å²) in [6.45, 7) is 2.05. The molecule has 0 rings (SSSR count). The van der Waals surface area contributed by atoms with Gasteiger partial charge in [0.25, 0.3) is 0 Å². The highest BCUT2D eigenvalue weighted by Crippen LogP contribution is 1.68. The summed E-state index contributed by atoms with van der Waals surface area (Å²) < 4.78 is 0. The van der Waals surface area contributed by atoms with Gasteiger partial charge < -0.3 is 16.2 Å². The Morgan fingerprint density at radius 3 is 2.62 bits per heavy atom. The molecule has 4 N–H and O–H groups in total. The first kappa shape index (κ1) is 7.23. The van der Waals surface area contributed by atoms with E-state index in [1.165, 1.54) is 0 Å². The van der Waals surface area contributed by atoms with E-state index in [0.717, 1.165) is 0 Å². The highest BCUT2D eigenvalue weighted by atomic mass is 16.4. The lowest BCUT2D eigenvalue weighted by Gasteiger charge is -2.01. The van der Waals surface area contributed by atoms with Gasteiger partial charge in [-0.3, -0.25) is 0 Å². The molecule has 0 radical (unpaired) electrons. The van der Waals surface area contributed by atoms with Crippen LogP contribution < -0.4 is 11.1 Å². The van der Waals surface area contributed by atoms with Gasteiger partial charge in [0, 0.05) is 12.6 Å². The minimum atomic E-state index is -1.03. The van der Waals surface area contributed by atoms with Crippen LogP contribution in [0.15, 0.2) is 0 Å². The third-order valence-electron chi connectivity index (χ3n) is 0.575. The van der Waals surface area contributed by atoms with E-state index >= 15 is 0 Å². The number of carboxylic acid groups (broad SMARTS) is 1. The molecule has 0 aliphatic heterocycles. The number of hydrogen-bond acceptors (Lipinski definition) is 2. The van der Waals surface area contributed by atoms with Crippen molar-refractivity contribution in [2.75, 3.05) is 6.54 Å². The topological polar surface area (TPSA) is 75.3 Å². The molecule has 0 bridgehead atoms. The van der Waals surface area contributed by atoms with Crippen molar-refractivity contribution in [3.05, 3.63) is 0 Å². The zero-order chi connectivity index (χ0) is 6.57. The molecule has 0 aromatic heterocycles. The molecule has 4 heteroatoms. The van der Waals surface area contributed by atoms with Crippen LogP contribution in [0.25, 0.3) is 0 Å². The predicted octanol–water partition coefficient (Wildman–Crippen LogP) is -0.399. The van der Waals surface area contributed by atoms with Crippen LogP contribution in [0.1, 0.15) is 6.92 Å². The van der Waals surface area contributed by atoms with Crippen molar-refractivity contribution in [2.45, 2.75) is 13.0 Å². The molecule has 8 heavy (non-hydrogen) atoms. The molecule has 0 heterocycles. The molecule has 48 valence electrons. The molecule has 1 atom stereocenters. The Labute approximate surface area is 47.7 Å². The van der Waals surface area contributed by atoms with Gasteiger partial charge in [-0.25, -0.2) is 4.79 Å². The molecule has 0 saturated carbocycles. The highest BCUT2D eigenvalue weighted by molar-refractivity contribution is 5.64. The fourth-order valence-electron chi connectivity index (χ4n) is 0.248. The highest BCUT2D eigenvalue weighted by Gasteiger charge is 1.94. The summed E-state index contributed by atoms with van der Waals surface area (Å²) in [7, 11) is 0. The number of rotatable bonds is 2. The van der Waals surface area contributed by atoms with Crippen molar-refractivity contribution in [3.8, 4) is 0 Å². The molecule has 0 aromatic rings. The van der Waals surface area contributed by atoms with E-state index in [0.29, 0.717) is 6.54 Å². The standard InChI is InChI=1S/C4H10N2O2/c1-3(5)2-6-4(7)8/h3,6H,2,5H2,1H3,(H,7,8). The fourth-order valence-corrected chi connectivity index (χ4v) is 0.248. The smallest absolute Gasteiger partial charge is 0.404 e. The molecule has 1 amide bonds. The molecule has 0 aromatic carbocycles. The predicted molar refractivity (Wildman–Crippen MR) is 29.7 cm³/mol. The Hall–Kier alpha value is -0.770. The van der Waals surface area contributed by atoms with Gasteiger partial charge in [0.1, 0.15) is 0 Å². The summed E-state index contributed by atoms with van der Waals surface area (Å²) >= 11 is 0. The molecular weight excluding hydrogens is 108 g/mol. The van der Waals surface area contributed by atoms with Crippen LogP contribution in [0, 0.1) is 0 Å². The van der Waals surface area contributed by atoms with Crippen LogP contribution in [0.5, 0.6) is 0 Å². The van der Waals surface area contributed by atoms with Crippen molar-refractivity contribution < 1.29 is 9.90 Å². The average Bonchev–Trinajstić information content (AvgIpc) is 1.61. The summed E-state index contributed by atoms with van der Waals surface area (Å²) in [5.41, 5.74) is 5.21. The third kappa shape index (κ3) is 5.23. The maximum absolute atomic E-state index is 9.74. The van der Waals surface area contributed by atoms with Gasteiger partial charge in [-0.1, -0.05) is 0 Å². The number of nitrogens with two attached hydrogens (primary N) is 1. The summed E-state index contributed by atoms with van der Waals surface area (Å²) in [5, 5.41) is 10.1. The summed E-state index contributed by atoms with van der Waals surface area (Å²) in [6.07, 6.45) is -1.03. The number of carbonyl (C=O) groups is 1. The molecule has 4 nitrogen and oxygen atoms in total. The van der Waals surface area contributed by atoms with Gasteiger partial charge in [-0.15, -0.1) is 0 Å². The third-order valence-corrected chi connectivity index (χ3v) is 0.575. The van der Waals surface area contributed by atoms with E-state index in [2.05, 4.69) is 5.32 Å². The van der Waals surface area contributed by atoms with Crippen LogP contribution >= 0.6 is 0 Å². The minimum Gasteiger partial charge on any atom is -0.465 e.